The molecule has 0 spiro atoms. The molecular formula is C16H16Br4N4O5. The lowest BCUT2D eigenvalue weighted by atomic mass is 10.1. The average molecular weight is 664 g/mol. The summed E-state index contributed by atoms with van der Waals surface area (Å²) in [4.78, 5) is 29.1. The second-order valence-electron chi connectivity index (χ2n) is 5.56. The van der Waals surface area contributed by atoms with Gasteiger partial charge in [0.2, 0.25) is 0 Å². The average Bonchev–Trinajstić information content (AvgIpc) is 2.96. The van der Waals surface area contributed by atoms with Crippen molar-refractivity contribution in [2.45, 2.75) is 0 Å². The molecule has 0 fully saturated rings. The van der Waals surface area contributed by atoms with Gasteiger partial charge in [0.25, 0.3) is 11.8 Å². The number of benzene rings is 1. The fraction of sp³-hybridized carbons (Fsp3) is 0.500. The van der Waals surface area contributed by atoms with E-state index in [0.29, 0.717) is 68.6 Å². The minimum atomic E-state index is -0.372. The zero-order valence-corrected chi connectivity index (χ0v) is 21.3. The number of ether oxygens (including phenoxy) is 3. The molecule has 158 valence electrons. The Balaban J connectivity index is 1.71. The highest BCUT2D eigenvalue weighted by Crippen LogP contribution is 2.45. The summed E-state index contributed by atoms with van der Waals surface area (Å²) in [6.07, 6.45) is 0. The Morgan fingerprint density at radius 2 is 1.21 bits per heavy atom. The zero-order valence-electron chi connectivity index (χ0n) is 15.0. The van der Waals surface area contributed by atoms with Gasteiger partial charge in [0.15, 0.2) is 0 Å². The van der Waals surface area contributed by atoms with Crippen LogP contribution in [0.5, 0.6) is 0 Å². The van der Waals surface area contributed by atoms with Crippen molar-refractivity contribution in [2.75, 3.05) is 52.7 Å². The number of carbonyl (C=O) groups excluding carboxylic acids is 2. The molecule has 2 amide bonds. The fourth-order valence-corrected chi connectivity index (χ4v) is 4.90. The van der Waals surface area contributed by atoms with Crippen molar-refractivity contribution >= 4 is 75.5 Å². The molecule has 1 aliphatic heterocycles. The highest BCUT2D eigenvalue weighted by molar-refractivity contribution is 9.15. The van der Waals surface area contributed by atoms with Gasteiger partial charge in [0.05, 0.1) is 57.3 Å². The molecule has 13 heteroatoms. The number of rotatable bonds is 12. The maximum atomic E-state index is 12.7. The summed E-state index contributed by atoms with van der Waals surface area (Å²) in [6.45, 7) is 2.46. The van der Waals surface area contributed by atoms with Crippen molar-refractivity contribution in [1.29, 1.82) is 0 Å². The second kappa shape index (κ2) is 12.4. The zero-order chi connectivity index (χ0) is 21.4. The fourth-order valence-electron chi connectivity index (χ4n) is 2.45. The molecule has 1 aromatic rings. The third-order valence-corrected chi connectivity index (χ3v) is 8.56. The Labute approximate surface area is 200 Å². The Bertz CT molecular complexity index is 785. The lowest BCUT2D eigenvalue weighted by molar-refractivity contribution is 0.0124. The molecule has 29 heavy (non-hydrogen) atoms. The van der Waals surface area contributed by atoms with Crippen LogP contribution >= 0.6 is 63.7 Å². The number of nitrogens with zero attached hydrogens (tertiary/aromatic N) is 4. The number of halogens is 4. The van der Waals surface area contributed by atoms with Crippen molar-refractivity contribution in [2.24, 2.45) is 5.11 Å². The van der Waals surface area contributed by atoms with E-state index in [1.54, 1.807) is 0 Å². The Hall–Kier alpha value is -0.530. The van der Waals surface area contributed by atoms with Gasteiger partial charge in [-0.3, -0.25) is 14.5 Å². The molecule has 0 bridgehead atoms. The second-order valence-corrected chi connectivity index (χ2v) is 8.73. The minimum absolute atomic E-state index is 0.142. The summed E-state index contributed by atoms with van der Waals surface area (Å²) >= 11 is 13.5. The van der Waals surface area contributed by atoms with Gasteiger partial charge >= 0.3 is 0 Å². The Morgan fingerprint density at radius 3 is 1.69 bits per heavy atom. The van der Waals surface area contributed by atoms with Crippen LogP contribution in [0.4, 0.5) is 0 Å². The number of fused-ring (bicyclic) bond motifs is 1. The number of azide groups is 1. The first-order valence-corrected chi connectivity index (χ1v) is 11.5. The normalized spacial score (nSPS) is 13.0. The largest absolute Gasteiger partial charge is 0.379 e. The van der Waals surface area contributed by atoms with Crippen LogP contribution in [0.15, 0.2) is 23.0 Å². The topological polar surface area (TPSA) is 114 Å². The first-order chi connectivity index (χ1) is 13.9. The van der Waals surface area contributed by atoms with E-state index in [1.807, 2.05) is 0 Å². The molecule has 0 unspecified atom stereocenters. The van der Waals surface area contributed by atoms with E-state index in [2.05, 4.69) is 73.7 Å². The minimum Gasteiger partial charge on any atom is -0.379 e. The van der Waals surface area contributed by atoms with Crippen LogP contribution < -0.4 is 0 Å². The van der Waals surface area contributed by atoms with Crippen LogP contribution in [0.1, 0.15) is 20.7 Å². The quantitative estimate of drug-likeness (QED) is 0.0613. The molecule has 0 saturated carbocycles. The standard InChI is InChI=1S/C16H16Br4N4O5/c17-11-9-10(12(18)14(20)13(11)19)16(26)24(15(9)25)2-4-28-6-8-29-7-5-27-3-1-22-23-21/h1-8H2. The van der Waals surface area contributed by atoms with Crippen molar-refractivity contribution in [1.82, 2.24) is 4.90 Å². The van der Waals surface area contributed by atoms with E-state index in [0.717, 1.165) is 4.90 Å². The van der Waals surface area contributed by atoms with Crippen LogP contribution in [-0.4, -0.2) is 69.4 Å². The molecule has 0 aliphatic carbocycles. The summed E-state index contributed by atoms with van der Waals surface area (Å²) in [5.41, 5.74) is 8.76. The van der Waals surface area contributed by atoms with Gasteiger partial charge in [0.1, 0.15) is 0 Å². The van der Waals surface area contributed by atoms with E-state index in [1.165, 1.54) is 0 Å². The van der Waals surface area contributed by atoms with Crippen molar-refractivity contribution in [3.05, 3.63) is 39.5 Å². The SMILES string of the molecule is [N-]=[N+]=NCCOCCOCCOCCN1C(=O)c2c(Br)c(Br)c(Br)c(Br)c2C1=O. The number of amides is 2. The molecule has 0 atom stereocenters. The summed E-state index contributed by atoms with van der Waals surface area (Å²) < 4.78 is 18.3. The van der Waals surface area contributed by atoms with Gasteiger partial charge in [-0.1, -0.05) is 5.11 Å². The highest BCUT2D eigenvalue weighted by atomic mass is 79.9. The van der Waals surface area contributed by atoms with Gasteiger partial charge < -0.3 is 14.2 Å². The van der Waals surface area contributed by atoms with Gasteiger partial charge in [-0.2, -0.15) is 0 Å². The summed E-state index contributed by atoms with van der Waals surface area (Å²) in [6, 6.07) is 0. The van der Waals surface area contributed by atoms with E-state index in [-0.39, 0.29) is 25.0 Å². The van der Waals surface area contributed by atoms with Gasteiger partial charge in [-0.25, -0.2) is 0 Å². The third kappa shape index (κ3) is 6.23. The molecule has 1 aromatic carbocycles. The smallest absolute Gasteiger partial charge is 0.262 e. The van der Waals surface area contributed by atoms with Crippen molar-refractivity contribution < 1.29 is 23.8 Å². The maximum Gasteiger partial charge on any atom is 0.262 e. The lowest BCUT2D eigenvalue weighted by Gasteiger charge is -2.14. The summed E-state index contributed by atoms with van der Waals surface area (Å²) in [5.74, 6) is -0.744. The molecule has 9 nitrogen and oxygen atoms in total. The molecule has 0 aromatic heterocycles. The number of imide groups is 1. The van der Waals surface area contributed by atoms with E-state index in [4.69, 9.17) is 19.7 Å². The number of hydrogen-bond donors (Lipinski definition) is 0. The van der Waals surface area contributed by atoms with Gasteiger partial charge in [-0.15, -0.1) is 0 Å². The third-order valence-electron chi connectivity index (χ3n) is 3.79. The lowest BCUT2D eigenvalue weighted by Crippen LogP contribution is -2.33. The molecular weight excluding hydrogens is 648 g/mol. The first-order valence-electron chi connectivity index (χ1n) is 8.38. The van der Waals surface area contributed by atoms with Gasteiger partial charge in [-0.05, 0) is 69.3 Å². The van der Waals surface area contributed by atoms with E-state index >= 15 is 0 Å². The van der Waals surface area contributed by atoms with Gasteiger partial charge in [0, 0.05) is 29.3 Å². The molecule has 0 saturated heterocycles. The molecule has 0 radical (unpaired) electrons. The number of carbonyl (C=O) groups is 2. The monoisotopic (exact) mass is 660 g/mol. The van der Waals surface area contributed by atoms with Crippen LogP contribution in [0.2, 0.25) is 0 Å². The molecule has 1 aliphatic rings. The van der Waals surface area contributed by atoms with Crippen LogP contribution in [0.3, 0.4) is 0 Å². The Kier molecular flexibility index (Phi) is 10.5. The first kappa shape index (κ1) is 24.7. The molecule has 0 N–H and O–H groups in total. The van der Waals surface area contributed by atoms with Crippen LogP contribution in [0.25, 0.3) is 10.4 Å². The number of hydrogen-bond acceptors (Lipinski definition) is 6. The van der Waals surface area contributed by atoms with Crippen LogP contribution in [-0.2, 0) is 14.2 Å². The molecule has 1 heterocycles. The van der Waals surface area contributed by atoms with Crippen molar-refractivity contribution in [3.63, 3.8) is 0 Å². The predicted octanol–water partition coefficient (Wildman–Crippen LogP) is 4.69. The Morgan fingerprint density at radius 1 is 0.759 bits per heavy atom. The van der Waals surface area contributed by atoms with Crippen LogP contribution in [0, 0.1) is 0 Å². The summed E-state index contributed by atoms with van der Waals surface area (Å²) in [5, 5.41) is 3.35. The molecule has 2 rings (SSSR count). The highest BCUT2D eigenvalue weighted by Gasteiger charge is 2.40. The predicted molar refractivity (Wildman–Crippen MR) is 119 cm³/mol. The van der Waals surface area contributed by atoms with Crippen molar-refractivity contribution in [3.8, 4) is 0 Å². The summed E-state index contributed by atoms with van der Waals surface area (Å²) in [7, 11) is 0. The van der Waals surface area contributed by atoms with E-state index in [9.17, 15) is 9.59 Å². The van der Waals surface area contributed by atoms with E-state index < -0.39 is 0 Å². The maximum absolute atomic E-state index is 12.7.